The third-order valence-corrected chi connectivity index (χ3v) is 3.60. The van der Waals surface area contributed by atoms with E-state index < -0.39 is 11.9 Å². The molecule has 0 aliphatic rings. The van der Waals surface area contributed by atoms with Crippen LogP contribution in [0.15, 0.2) is 40.9 Å². The van der Waals surface area contributed by atoms with Crippen molar-refractivity contribution in [3.8, 4) is 5.75 Å². The number of aliphatic hydroxyl groups is 1. The average Bonchev–Trinajstić information content (AvgIpc) is 2.41. The van der Waals surface area contributed by atoms with Gasteiger partial charge in [0.15, 0.2) is 0 Å². The highest BCUT2D eigenvalue weighted by atomic mass is 79.9. The van der Waals surface area contributed by atoms with Gasteiger partial charge in [0.1, 0.15) is 18.2 Å². The zero-order valence-electron chi connectivity index (χ0n) is 10.7. The van der Waals surface area contributed by atoms with Crippen molar-refractivity contribution in [2.24, 2.45) is 0 Å². The van der Waals surface area contributed by atoms with Crippen molar-refractivity contribution in [3.05, 3.63) is 62.8 Å². The van der Waals surface area contributed by atoms with Crippen LogP contribution in [0.2, 0.25) is 5.02 Å². The van der Waals surface area contributed by atoms with Crippen LogP contribution in [0.4, 0.5) is 4.39 Å². The molecular formula is C15H13BrClFO2. The normalized spacial score (nSPS) is 12.2. The number of aliphatic hydroxyl groups excluding tert-OH is 1. The molecule has 0 bridgehead atoms. The zero-order chi connectivity index (χ0) is 14.7. The molecule has 0 unspecified atom stereocenters. The van der Waals surface area contributed by atoms with Gasteiger partial charge in [-0.05, 0) is 42.8 Å². The monoisotopic (exact) mass is 358 g/mol. The van der Waals surface area contributed by atoms with Gasteiger partial charge in [-0.25, -0.2) is 4.39 Å². The van der Waals surface area contributed by atoms with Crippen molar-refractivity contribution in [2.75, 3.05) is 0 Å². The van der Waals surface area contributed by atoms with E-state index >= 15 is 0 Å². The fraction of sp³-hybridized carbons (Fsp3) is 0.200. The lowest BCUT2D eigenvalue weighted by molar-refractivity contribution is 0.190. The van der Waals surface area contributed by atoms with E-state index in [4.69, 9.17) is 16.3 Å². The molecule has 0 saturated carbocycles. The van der Waals surface area contributed by atoms with Crippen LogP contribution >= 0.6 is 27.5 Å². The fourth-order valence-electron chi connectivity index (χ4n) is 1.77. The fourth-order valence-corrected chi connectivity index (χ4v) is 2.26. The predicted octanol–water partition coefficient (Wildman–Crippen LogP) is 4.87. The highest BCUT2D eigenvalue weighted by molar-refractivity contribution is 9.10. The second-order valence-corrected chi connectivity index (χ2v) is 5.72. The Labute approximate surface area is 130 Å². The van der Waals surface area contributed by atoms with Gasteiger partial charge in [-0.3, -0.25) is 0 Å². The molecule has 0 saturated heterocycles. The van der Waals surface area contributed by atoms with Crippen molar-refractivity contribution in [3.63, 3.8) is 0 Å². The first-order valence-electron chi connectivity index (χ1n) is 6.01. The summed E-state index contributed by atoms with van der Waals surface area (Å²) in [6.45, 7) is 1.87. The quantitative estimate of drug-likeness (QED) is 0.843. The molecule has 0 radical (unpaired) electrons. The Balaban J connectivity index is 2.16. The summed E-state index contributed by atoms with van der Waals surface area (Å²) in [5.74, 6) is 0.0953. The van der Waals surface area contributed by atoms with Gasteiger partial charge in [-0.1, -0.05) is 33.6 Å². The number of rotatable bonds is 4. The lowest BCUT2D eigenvalue weighted by Gasteiger charge is -2.14. The number of hydrogen-bond donors (Lipinski definition) is 1. The first-order chi connectivity index (χ1) is 9.47. The molecule has 1 atom stereocenters. The smallest absolute Gasteiger partial charge is 0.142 e. The molecule has 20 heavy (non-hydrogen) atoms. The van der Waals surface area contributed by atoms with E-state index in [9.17, 15) is 9.50 Å². The van der Waals surface area contributed by atoms with Gasteiger partial charge < -0.3 is 9.84 Å². The molecule has 2 aromatic rings. The summed E-state index contributed by atoms with van der Waals surface area (Å²) >= 11 is 8.98. The second kappa shape index (κ2) is 6.57. The van der Waals surface area contributed by atoms with Crippen molar-refractivity contribution >= 4 is 27.5 Å². The van der Waals surface area contributed by atoms with Gasteiger partial charge in [0.2, 0.25) is 0 Å². The van der Waals surface area contributed by atoms with E-state index in [-0.39, 0.29) is 11.6 Å². The van der Waals surface area contributed by atoms with Gasteiger partial charge in [0.05, 0.1) is 11.1 Å². The van der Waals surface area contributed by atoms with Crippen molar-refractivity contribution < 1.29 is 14.2 Å². The standard InChI is InChI=1S/C15H13BrClFO2/c1-9(19)12-7-11(16)3-5-15(12)20-8-10-2-4-13(17)14(18)6-10/h2-7,9,19H,8H2,1H3/t9-/m0/s1. The highest BCUT2D eigenvalue weighted by Gasteiger charge is 2.10. The number of halogens is 3. The largest absolute Gasteiger partial charge is 0.489 e. The molecular weight excluding hydrogens is 347 g/mol. The Morgan fingerprint density at radius 1 is 1.30 bits per heavy atom. The summed E-state index contributed by atoms with van der Waals surface area (Å²) in [4.78, 5) is 0. The molecule has 0 aliphatic heterocycles. The van der Waals surface area contributed by atoms with Gasteiger partial charge in [0, 0.05) is 10.0 Å². The van der Waals surface area contributed by atoms with E-state index in [1.807, 2.05) is 6.07 Å². The Morgan fingerprint density at radius 3 is 2.70 bits per heavy atom. The van der Waals surface area contributed by atoms with Crippen LogP contribution < -0.4 is 4.74 Å². The maximum atomic E-state index is 13.3. The van der Waals surface area contributed by atoms with E-state index in [2.05, 4.69) is 15.9 Å². The average molecular weight is 360 g/mol. The van der Waals surface area contributed by atoms with Gasteiger partial charge in [-0.15, -0.1) is 0 Å². The molecule has 5 heteroatoms. The van der Waals surface area contributed by atoms with Gasteiger partial charge >= 0.3 is 0 Å². The number of ether oxygens (including phenoxy) is 1. The maximum Gasteiger partial charge on any atom is 0.142 e. The summed E-state index contributed by atoms with van der Waals surface area (Å²) < 4.78 is 19.8. The minimum Gasteiger partial charge on any atom is -0.489 e. The molecule has 0 fully saturated rings. The van der Waals surface area contributed by atoms with Crippen LogP contribution in [0, 0.1) is 5.82 Å². The van der Waals surface area contributed by atoms with E-state index in [1.54, 1.807) is 25.1 Å². The maximum absolute atomic E-state index is 13.3. The third kappa shape index (κ3) is 3.72. The molecule has 0 aromatic heterocycles. The summed E-state index contributed by atoms with van der Waals surface area (Å²) in [6, 6.07) is 9.91. The molecule has 0 heterocycles. The van der Waals surface area contributed by atoms with Crippen molar-refractivity contribution in [1.82, 2.24) is 0 Å². The number of benzene rings is 2. The van der Waals surface area contributed by atoms with Crippen molar-refractivity contribution in [1.29, 1.82) is 0 Å². The molecule has 0 aliphatic carbocycles. The highest BCUT2D eigenvalue weighted by Crippen LogP contribution is 2.29. The lowest BCUT2D eigenvalue weighted by Crippen LogP contribution is -2.01. The minimum atomic E-state index is -0.649. The molecule has 2 nitrogen and oxygen atoms in total. The first kappa shape index (κ1) is 15.3. The Hall–Kier alpha value is -1.10. The Kier molecular flexibility index (Phi) is 5.02. The zero-order valence-corrected chi connectivity index (χ0v) is 13.1. The SMILES string of the molecule is C[C@H](O)c1cc(Br)ccc1OCc1ccc(Cl)c(F)c1. The Morgan fingerprint density at radius 2 is 2.05 bits per heavy atom. The van der Waals surface area contributed by atoms with Crippen LogP contribution in [0.25, 0.3) is 0 Å². The molecule has 0 spiro atoms. The summed E-state index contributed by atoms with van der Waals surface area (Å²) in [7, 11) is 0. The van der Waals surface area contributed by atoms with Gasteiger partial charge in [0.25, 0.3) is 0 Å². The predicted molar refractivity (Wildman–Crippen MR) is 80.5 cm³/mol. The molecule has 2 rings (SSSR count). The molecule has 2 aromatic carbocycles. The molecule has 1 N–H and O–H groups in total. The lowest BCUT2D eigenvalue weighted by atomic mass is 10.1. The molecule has 106 valence electrons. The number of hydrogen-bond acceptors (Lipinski definition) is 2. The third-order valence-electron chi connectivity index (χ3n) is 2.80. The van der Waals surface area contributed by atoms with E-state index in [0.29, 0.717) is 16.9 Å². The van der Waals surface area contributed by atoms with Crippen molar-refractivity contribution in [2.45, 2.75) is 19.6 Å². The van der Waals surface area contributed by atoms with Crippen LogP contribution in [0.3, 0.4) is 0 Å². The van der Waals surface area contributed by atoms with Crippen LogP contribution in [0.1, 0.15) is 24.2 Å². The van der Waals surface area contributed by atoms with Crippen LogP contribution in [0.5, 0.6) is 5.75 Å². The second-order valence-electron chi connectivity index (χ2n) is 4.40. The van der Waals surface area contributed by atoms with Crippen LogP contribution in [-0.2, 0) is 6.61 Å². The minimum absolute atomic E-state index is 0.0852. The van der Waals surface area contributed by atoms with Gasteiger partial charge in [-0.2, -0.15) is 0 Å². The van der Waals surface area contributed by atoms with E-state index in [1.165, 1.54) is 12.1 Å². The first-order valence-corrected chi connectivity index (χ1v) is 7.18. The summed E-state index contributed by atoms with van der Waals surface area (Å²) in [6.07, 6.45) is -0.649. The molecule has 0 amide bonds. The Bertz CT molecular complexity index is 617. The topological polar surface area (TPSA) is 29.5 Å². The van der Waals surface area contributed by atoms with Crippen LogP contribution in [-0.4, -0.2) is 5.11 Å². The van der Waals surface area contributed by atoms with E-state index in [0.717, 1.165) is 4.47 Å². The summed E-state index contributed by atoms with van der Waals surface area (Å²) in [5, 5.41) is 9.81. The summed E-state index contributed by atoms with van der Waals surface area (Å²) in [5.41, 5.74) is 1.35.